The van der Waals surface area contributed by atoms with Crippen LogP contribution in [-0.2, 0) is 0 Å². The predicted molar refractivity (Wildman–Crippen MR) is 103 cm³/mol. The van der Waals surface area contributed by atoms with Crippen LogP contribution in [0, 0.1) is 0 Å². The zero-order valence-corrected chi connectivity index (χ0v) is 13.8. The highest BCUT2D eigenvalue weighted by Gasteiger charge is 2.17. The number of rotatable bonds is 1. The lowest BCUT2D eigenvalue weighted by Crippen LogP contribution is -1.97. The lowest BCUT2D eigenvalue weighted by Gasteiger charge is -2.07. The topological polar surface area (TPSA) is 43.3 Å². The summed E-state index contributed by atoms with van der Waals surface area (Å²) in [5, 5.41) is 2.28. The molecule has 0 aliphatic carbocycles. The lowest BCUT2D eigenvalue weighted by atomic mass is 10.2. The summed E-state index contributed by atoms with van der Waals surface area (Å²) >= 11 is 0. The molecule has 0 fully saturated rings. The van der Waals surface area contributed by atoms with Crippen LogP contribution in [0.1, 0.15) is 0 Å². The second-order valence-electron chi connectivity index (χ2n) is 6.36. The minimum atomic E-state index is 0.531. The lowest BCUT2D eigenvalue weighted by molar-refractivity contribution is 0.612. The van der Waals surface area contributed by atoms with Gasteiger partial charge in [-0.15, -0.1) is 0 Å². The van der Waals surface area contributed by atoms with Gasteiger partial charge >= 0.3 is 0 Å². The third-order valence-corrected chi connectivity index (χ3v) is 4.81. The summed E-state index contributed by atoms with van der Waals surface area (Å²) in [7, 11) is 0. The summed E-state index contributed by atoms with van der Waals surface area (Å²) in [6.45, 7) is 0. The van der Waals surface area contributed by atoms with E-state index in [2.05, 4.69) is 39.7 Å². The third-order valence-electron chi connectivity index (χ3n) is 4.81. The van der Waals surface area contributed by atoms with Crippen LogP contribution >= 0.6 is 0 Å². The molecule has 0 aliphatic rings. The van der Waals surface area contributed by atoms with Crippen LogP contribution in [0.5, 0.6) is 0 Å². The van der Waals surface area contributed by atoms with Crippen molar-refractivity contribution in [3.8, 4) is 11.7 Å². The fraction of sp³-hybridized carbons (Fsp3) is 0. The van der Waals surface area contributed by atoms with Gasteiger partial charge in [-0.05, 0) is 30.3 Å². The van der Waals surface area contributed by atoms with E-state index in [-0.39, 0.29) is 0 Å². The maximum Gasteiger partial charge on any atom is 0.264 e. The van der Waals surface area contributed by atoms with Gasteiger partial charge in [0.05, 0.1) is 16.6 Å². The molecule has 0 unspecified atom stereocenters. The number of nitrogens with zero attached hydrogens (tertiary/aromatic N) is 3. The number of hydrogen-bond acceptors (Lipinski definition) is 3. The van der Waals surface area contributed by atoms with Crippen molar-refractivity contribution in [2.24, 2.45) is 0 Å². The Kier molecular flexibility index (Phi) is 2.58. The van der Waals surface area contributed by atoms with Gasteiger partial charge in [0.1, 0.15) is 5.52 Å². The maximum absolute atomic E-state index is 6.03. The van der Waals surface area contributed by atoms with E-state index in [9.17, 15) is 0 Å². The molecule has 122 valence electrons. The summed E-state index contributed by atoms with van der Waals surface area (Å²) in [6, 6.07) is 26.5. The molecule has 0 N–H and O–H groups in total. The fourth-order valence-electron chi connectivity index (χ4n) is 3.64. The van der Waals surface area contributed by atoms with E-state index in [1.54, 1.807) is 0 Å². The monoisotopic (exact) mass is 335 g/mol. The van der Waals surface area contributed by atoms with Gasteiger partial charge in [-0.25, -0.2) is 9.97 Å². The van der Waals surface area contributed by atoms with Crippen LogP contribution in [0.4, 0.5) is 0 Å². The van der Waals surface area contributed by atoms with Crippen molar-refractivity contribution in [3.05, 3.63) is 78.9 Å². The van der Waals surface area contributed by atoms with Gasteiger partial charge in [0.25, 0.3) is 5.89 Å². The van der Waals surface area contributed by atoms with E-state index in [0.717, 1.165) is 38.9 Å². The molecule has 0 amide bonds. The van der Waals surface area contributed by atoms with Crippen LogP contribution in [0.3, 0.4) is 0 Å². The molecule has 0 saturated carbocycles. The minimum absolute atomic E-state index is 0.531. The number of benzene rings is 3. The van der Waals surface area contributed by atoms with E-state index in [1.807, 2.05) is 48.5 Å². The highest BCUT2D eigenvalue weighted by atomic mass is 16.3. The van der Waals surface area contributed by atoms with Crippen LogP contribution in [-0.4, -0.2) is 14.4 Å². The van der Waals surface area contributed by atoms with E-state index < -0.39 is 0 Å². The number of para-hydroxylation sites is 4. The molecule has 4 heteroatoms. The Morgan fingerprint density at radius 3 is 2.38 bits per heavy atom. The zero-order chi connectivity index (χ0) is 17.1. The quantitative estimate of drug-likeness (QED) is 0.401. The normalized spacial score (nSPS) is 11.8. The first kappa shape index (κ1) is 13.6. The highest BCUT2D eigenvalue weighted by molar-refractivity contribution is 6.02. The molecule has 3 aromatic carbocycles. The Hall–Kier alpha value is -3.66. The Labute approximate surface area is 148 Å². The van der Waals surface area contributed by atoms with Gasteiger partial charge in [0.2, 0.25) is 5.82 Å². The van der Waals surface area contributed by atoms with Gasteiger partial charge in [-0.1, -0.05) is 48.5 Å². The van der Waals surface area contributed by atoms with Gasteiger partial charge in [0.15, 0.2) is 5.58 Å². The third kappa shape index (κ3) is 1.78. The van der Waals surface area contributed by atoms with Crippen molar-refractivity contribution in [3.63, 3.8) is 0 Å². The average molecular weight is 335 g/mol. The molecule has 0 bridgehead atoms. The van der Waals surface area contributed by atoms with Crippen molar-refractivity contribution >= 4 is 38.4 Å². The summed E-state index contributed by atoms with van der Waals surface area (Å²) in [4.78, 5) is 9.57. The molecule has 0 radical (unpaired) electrons. The van der Waals surface area contributed by atoms with Gasteiger partial charge in [-0.3, -0.25) is 4.40 Å². The van der Waals surface area contributed by atoms with Gasteiger partial charge in [0, 0.05) is 10.8 Å². The SMILES string of the molecule is c1ccc2c(c1)cc1c3ccccc3nc(-c3nc4ccccc4o3)n21. The standard InChI is InChI=1S/C22H13N3O/c1-5-11-18-14(7-1)13-19-15-8-2-3-9-16(15)23-21(25(18)19)22-24-17-10-4-6-12-20(17)26-22/h1-13H. The Bertz CT molecular complexity index is 1410. The smallest absolute Gasteiger partial charge is 0.264 e. The minimum Gasteiger partial charge on any atom is -0.434 e. The highest BCUT2D eigenvalue weighted by Crippen LogP contribution is 2.32. The average Bonchev–Trinajstić information content (AvgIpc) is 3.29. The molecule has 4 nitrogen and oxygen atoms in total. The second-order valence-corrected chi connectivity index (χ2v) is 6.36. The van der Waals surface area contributed by atoms with E-state index in [4.69, 9.17) is 9.40 Å². The van der Waals surface area contributed by atoms with Crippen molar-refractivity contribution < 1.29 is 4.42 Å². The molecular formula is C22H13N3O. The number of aromatic nitrogens is 3. The number of oxazole rings is 1. The summed E-state index contributed by atoms with van der Waals surface area (Å²) in [5.41, 5.74) is 4.73. The van der Waals surface area contributed by atoms with E-state index >= 15 is 0 Å². The molecule has 0 spiro atoms. The predicted octanol–water partition coefficient (Wildman–Crippen LogP) is 5.45. The van der Waals surface area contributed by atoms with Crippen LogP contribution in [0.15, 0.2) is 83.3 Å². The zero-order valence-electron chi connectivity index (χ0n) is 13.8. The molecule has 3 aromatic heterocycles. The molecule has 26 heavy (non-hydrogen) atoms. The number of fused-ring (bicyclic) bond motifs is 6. The Morgan fingerprint density at radius 2 is 1.46 bits per heavy atom. The van der Waals surface area contributed by atoms with Crippen LogP contribution in [0.2, 0.25) is 0 Å². The Morgan fingerprint density at radius 1 is 0.692 bits per heavy atom. The molecule has 0 atom stereocenters. The van der Waals surface area contributed by atoms with Crippen molar-refractivity contribution in [1.82, 2.24) is 14.4 Å². The van der Waals surface area contributed by atoms with E-state index in [0.29, 0.717) is 5.89 Å². The molecule has 0 saturated heterocycles. The molecule has 0 aliphatic heterocycles. The number of hydrogen-bond donors (Lipinski definition) is 0. The van der Waals surface area contributed by atoms with Crippen molar-refractivity contribution in [2.75, 3.05) is 0 Å². The first-order chi connectivity index (χ1) is 12.9. The maximum atomic E-state index is 6.03. The van der Waals surface area contributed by atoms with Crippen LogP contribution < -0.4 is 0 Å². The summed E-state index contributed by atoms with van der Waals surface area (Å²) in [6.07, 6.45) is 0. The second kappa shape index (κ2) is 4.92. The Balaban J connectivity index is 1.83. The molecule has 3 heterocycles. The molecule has 6 rings (SSSR count). The summed E-state index contributed by atoms with van der Waals surface area (Å²) < 4.78 is 8.18. The van der Waals surface area contributed by atoms with Crippen molar-refractivity contribution in [1.29, 1.82) is 0 Å². The first-order valence-electron chi connectivity index (χ1n) is 8.53. The van der Waals surface area contributed by atoms with Crippen LogP contribution in [0.25, 0.3) is 50.1 Å². The van der Waals surface area contributed by atoms with Gasteiger partial charge < -0.3 is 4.42 Å². The first-order valence-corrected chi connectivity index (χ1v) is 8.53. The molecule has 6 aromatic rings. The van der Waals surface area contributed by atoms with Gasteiger partial charge in [-0.2, -0.15) is 0 Å². The fourth-order valence-corrected chi connectivity index (χ4v) is 3.64. The van der Waals surface area contributed by atoms with E-state index in [1.165, 1.54) is 5.39 Å². The summed E-state index contributed by atoms with van der Waals surface area (Å²) in [5.74, 6) is 1.25. The largest absolute Gasteiger partial charge is 0.434 e. The van der Waals surface area contributed by atoms with Crippen molar-refractivity contribution in [2.45, 2.75) is 0 Å². The molecular weight excluding hydrogens is 322 g/mol.